The van der Waals surface area contributed by atoms with Crippen molar-refractivity contribution in [2.24, 2.45) is 13.0 Å². The molecule has 2 bridgehead atoms. The summed E-state index contributed by atoms with van der Waals surface area (Å²) in [6.45, 7) is 2.45. The van der Waals surface area contributed by atoms with Crippen LogP contribution in [0.1, 0.15) is 24.5 Å². The van der Waals surface area contributed by atoms with Gasteiger partial charge in [-0.25, -0.2) is 4.79 Å². The van der Waals surface area contributed by atoms with Gasteiger partial charge in [0, 0.05) is 42.5 Å². The first-order chi connectivity index (χ1) is 16.1. The van der Waals surface area contributed by atoms with E-state index in [0.29, 0.717) is 18.4 Å². The molecule has 4 unspecified atom stereocenters. The number of carbonyl (C=O) groups excluding carboxylic acids is 1. The summed E-state index contributed by atoms with van der Waals surface area (Å²) in [5, 5.41) is 7.59. The molecule has 1 aromatic heterocycles. The van der Waals surface area contributed by atoms with Crippen molar-refractivity contribution in [1.82, 2.24) is 14.7 Å². The Morgan fingerprint density at radius 2 is 1.94 bits per heavy atom. The van der Waals surface area contributed by atoms with E-state index in [0.717, 1.165) is 42.2 Å². The standard InChI is InChI=1S/C26H30N4O3/c1-29-25(15-24(28-29)18-8-10-22(32-2)11-9-18)23-16-30-13-12-19(23)14-21(30)17-33-26(31)27-20-6-4-3-5-7-20/h3-11,15,19,21,23H,12-14,16-17H2,1-2H3,(H,27,31). The number of ether oxygens (including phenoxy) is 2. The van der Waals surface area contributed by atoms with Gasteiger partial charge in [0.15, 0.2) is 0 Å². The van der Waals surface area contributed by atoms with Gasteiger partial charge in [0.2, 0.25) is 0 Å². The third kappa shape index (κ3) is 4.59. The SMILES string of the molecule is COc1ccc(-c2cc(C3CN4CCC3CC4COC(=O)Nc3ccccc3)n(C)n2)cc1. The van der Waals surface area contributed by atoms with Crippen LogP contribution in [0.5, 0.6) is 5.75 Å². The number of rotatable bonds is 6. The number of anilines is 1. The summed E-state index contributed by atoms with van der Waals surface area (Å²) in [4.78, 5) is 14.7. The van der Waals surface area contributed by atoms with E-state index in [2.05, 4.69) is 28.4 Å². The lowest BCUT2D eigenvalue weighted by Crippen LogP contribution is -2.54. The fraction of sp³-hybridized carbons (Fsp3) is 0.385. The Morgan fingerprint density at radius 3 is 2.64 bits per heavy atom. The van der Waals surface area contributed by atoms with Crippen LogP contribution in [-0.2, 0) is 11.8 Å². The minimum absolute atomic E-state index is 0.274. The predicted octanol–water partition coefficient (Wildman–Crippen LogP) is 4.52. The van der Waals surface area contributed by atoms with E-state index in [-0.39, 0.29) is 6.04 Å². The summed E-state index contributed by atoms with van der Waals surface area (Å²) in [6, 6.07) is 19.9. The molecule has 0 saturated carbocycles. The van der Waals surface area contributed by atoms with Crippen LogP contribution >= 0.6 is 0 Å². The number of methoxy groups -OCH3 is 1. The van der Waals surface area contributed by atoms with Crippen LogP contribution in [0.25, 0.3) is 11.3 Å². The van der Waals surface area contributed by atoms with Crippen LogP contribution in [0.3, 0.4) is 0 Å². The van der Waals surface area contributed by atoms with Crippen molar-refractivity contribution in [3.8, 4) is 17.0 Å². The molecule has 2 aromatic carbocycles. The van der Waals surface area contributed by atoms with Crippen molar-refractivity contribution in [3.63, 3.8) is 0 Å². The van der Waals surface area contributed by atoms with E-state index in [9.17, 15) is 4.79 Å². The van der Waals surface area contributed by atoms with Crippen LogP contribution in [0.15, 0.2) is 60.7 Å². The maximum Gasteiger partial charge on any atom is 0.411 e. The molecule has 3 aliphatic heterocycles. The van der Waals surface area contributed by atoms with E-state index < -0.39 is 6.09 Å². The summed E-state index contributed by atoms with van der Waals surface area (Å²) in [6.07, 6.45) is 1.81. The molecule has 6 rings (SSSR count). The third-order valence-electron chi connectivity index (χ3n) is 6.99. The predicted molar refractivity (Wildman–Crippen MR) is 127 cm³/mol. The van der Waals surface area contributed by atoms with Gasteiger partial charge in [-0.3, -0.25) is 14.9 Å². The molecule has 7 nitrogen and oxygen atoms in total. The number of amides is 1. The average Bonchev–Trinajstić information content (AvgIpc) is 3.25. The van der Waals surface area contributed by atoms with Gasteiger partial charge in [0.1, 0.15) is 12.4 Å². The maximum absolute atomic E-state index is 12.2. The van der Waals surface area contributed by atoms with Gasteiger partial charge >= 0.3 is 6.09 Å². The number of hydrogen-bond donors (Lipinski definition) is 1. The van der Waals surface area contributed by atoms with Crippen molar-refractivity contribution >= 4 is 11.8 Å². The molecule has 172 valence electrons. The number of benzene rings is 2. The number of carbonyl (C=O) groups is 1. The summed E-state index contributed by atoms with van der Waals surface area (Å²) in [7, 11) is 3.71. The van der Waals surface area contributed by atoms with Gasteiger partial charge in [-0.15, -0.1) is 0 Å². The molecule has 1 N–H and O–H groups in total. The summed E-state index contributed by atoms with van der Waals surface area (Å²) in [5.41, 5.74) is 4.10. The largest absolute Gasteiger partial charge is 0.497 e. The molecule has 0 aliphatic carbocycles. The number of nitrogens with zero attached hydrogens (tertiary/aromatic N) is 3. The Labute approximate surface area is 194 Å². The highest BCUT2D eigenvalue weighted by Crippen LogP contribution is 2.42. The van der Waals surface area contributed by atoms with Crippen molar-refractivity contribution < 1.29 is 14.3 Å². The molecule has 3 fully saturated rings. The fourth-order valence-corrected chi connectivity index (χ4v) is 5.23. The monoisotopic (exact) mass is 446 g/mol. The molecular weight excluding hydrogens is 416 g/mol. The highest BCUT2D eigenvalue weighted by atomic mass is 16.5. The molecule has 3 aromatic rings. The van der Waals surface area contributed by atoms with Crippen molar-refractivity contribution in [1.29, 1.82) is 0 Å². The van der Waals surface area contributed by atoms with E-state index in [1.165, 1.54) is 12.1 Å². The fourth-order valence-electron chi connectivity index (χ4n) is 5.23. The van der Waals surface area contributed by atoms with Crippen LogP contribution in [0, 0.1) is 5.92 Å². The Balaban J connectivity index is 1.21. The molecule has 1 amide bonds. The number of nitrogens with one attached hydrogen (secondary N) is 1. The summed E-state index contributed by atoms with van der Waals surface area (Å²) in [5.74, 6) is 1.86. The van der Waals surface area contributed by atoms with Gasteiger partial charge in [0.05, 0.1) is 12.8 Å². The van der Waals surface area contributed by atoms with E-state index in [1.54, 1.807) is 7.11 Å². The van der Waals surface area contributed by atoms with Crippen LogP contribution < -0.4 is 10.1 Å². The quantitative estimate of drug-likeness (QED) is 0.603. The second-order valence-electron chi connectivity index (χ2n) is 8.94. The van der Waals surface area contributed by atoms with E-state index in [4.69, 9.17) is 14.6 Å². The molecule has 0 spiro atoms. The van der Waals surface area contributed by atoms with Gasteiger partial charge in [0.25, 0.3) is 0 Å². The van der Waals surface area contributed by atoms with Crippen LogP contribution in [-0.4, -0.2) is 53.6 Å². The Morgan fingerprint density at radius 1 is 1.15 bits per heavy atom. The first-order valence-electron chi connectivity index (χ1n) is 11.5. The van der Waals surface area contributed by atoms with Crippen molar-refractivity contribution in [3.05, 3.63) is 66.4 Å². The minimum Gasteiger partial charge on any atom is -0.497 e. The topological polar surface area (TPSA) is 68.6 Å². The number of aromatic nitrogens is 2. The van der Waals surface area contributed by atoms with E-state index in [1.807, 2.05) is 54.2 Å². The molecule has 3 aliphatic rings. The lowest BCUT2D eigenvalue weighted by atomic mass is 9.74. The number of aryl methyl sites for hydroxylation is 1. The van der Waals surface area contributed by atoms with Crippen molar-refractivity contribution in [2.75, 3.05) is 32.1 Å². The first kappa shape index (κ1) is 21.5. The van der Waals surface area contributed by atoms with Crippen LogP contribution in [0.2, 0.25) is 0 Å². The second-order valence-corrected chi connectivity index (χ2v) is 8.94. The third-order valence-corrected chi connectivity index (χ3v) is 6.99. The Kier molecular flexibility index (Phi) is 6.05. The molecular formula is C26H30N4O3. The average molecular weight is 447 g/mol. The van der Waals surface area contributed by atoms with E-state index >= 15 is 0 Å². The number of hydrogen-bond acceptors (Lipinski definition) is 5. The normalized spacial score (nSPS) is 23.8. The molecule has 7 heteroatoms. The summed E-state index contributed by atoms with van der Waals surface area (Å²) < 4.78 is 12.9. The zero-order chi connectivity index (χ0) is 22.8. The lowest BCUT2D eigenvalue weighted by molar-refractivity contribution is -0.00222. The number of piperidine rings is 3. The molecule has 33 heavy (non-hydrogen) atoms. The maximum atomic E-state index is 12.2. The van der Waals surface area contributed by atoms with Crippen molar-refractivity contribution in [2.45, 2.75) is 24.8 Å². The molecule has 4 atom stereocenters. The first-order valence-corrected chi connectivity index (χ1v) is 11.5. The number of para-hydroxylation sites is 1. The molecule has 3 saturated heterocycles. The van der Waals surface area contributed by atoms with Gasteiger partial charge < -0.3 is 9.47 Å². The smallest absolute Gasteiger partial charge is 0.411 e. The minimum atomic E-state index is -0.392. The Bertz CT molecular complexity index is 1100. The van der Waals surface area contributed by atoms with Gasteiger partial charge in [-0.2, -0.15) is 5.10 Å². The zero-order valence-electron chi connectivity index (χ0n) is 19.1. The highest BCUT2D eigenvalue weighted by Gasteiger charge is 2.42. The highest BCUT2D eigenvalue weighted by molar-refractivity contribution is 5.84. The molecule has 4 heterocycles. The second kappa shape index (κ2) is 9.27. The van der Waals surface area contributed by atoms with Crippen LogP contribution in [0.4, 0.5) is 10.5 Å². The van der Waals surface area contributed by atoms with Gasteiger partial charge in [-0.1, -0.05) is 18.2 Å². The number of fused-ring (bicyclic) bond motifs is 3. The summed E-state index contributed by atoms with van der Waals surface area (Å²) >= 11 is 0. The van der Waals surface area contributed by atoms with Gasteiger partial charge in [-0.05, 0) is 67.8 Å². The lowest BCUT2D eigenvalue weighted by Gasteiger charge is -2.49. The molecule has 0 radical (unpaired) electrons. The zero-order valence-corrected chi connectivity index (χ0v) is 19.1. The Hall–Kier alpha value is -3.32.